The second-order valence-electron chi connectivity index (χ2n) is 10.5. The maximum absolute atomic E-state index is 6.46. The third-order valence-corrected chi connectivity index (χ3v) is 11.8. The maximum atomic E-state index is 6.46. The number of benzene rings is 3. The highest BCUT2D eigenvalue weighted by Crippen LogP contribution is 2.37. The molecule has 3 nitrogen and oxygen atoms in total. The van der Waals surface area contributed by atoms with Crippen LogP contribution in [0, 0.1) is 0 Å². The van der Waals surface area contributed by atoms with E-state index in [9.17, 15) is 0 Å². The van der Waals surface area contributed by atoms with E-state index in [-0.39, 0.29) is 5.04 Å². The van der Waals surface area contributed by atoms with E-state index in [1.807, 2.05) is 0 Å². The van der Waals surface area contributed by atoms with Crippen LogP contribution in [0.2, 0.25) is 18.1 Å². The fourth-order valence-electron chi connectivity index (χ4n) is 4.34. The number of nitrogens with zero attached hydrogens (tertiary/aromatic N) is 1. The number of imidazole rings is 1. The van der Waals surface area contributed by atoms with Gasteiger partial charge in [0, 0.05) is 29.7 Å². The first-order valence-electron chi connectivity index (χ1n) is 12.1. The first-order valence-corrected chi connectivity index (χ1v) is 15.1. The molecular formula is C30H37N2OSi+. The highest BCUT2D eigenvalue weighted by Gasteiger charge is 2.43. The van der Waals surface area contributed by atoms with E-state index in [0.717, 1.165) is 13.0 Å². The van der Waals surface area contributed by atoms with Crippen molar-refractivity contribution >= 4 is 8.32 Å². The van der Waals surface area contributed by atoms with Crippen LogP contribution in [-0.2, 0) is 16.4 Å². The summed E-state index contributed by atoms with van der Waals surface area (Å²) in [6.45, 7) is 12.2. The number of hydrogen-bond donors (Lipinski definition) is 1. The van der Waals surface area contributed by atoms with Crippen LogP contribution in [0.15, 0.2) is 104 Å². The molecule has 1 N–H and O–H groups in total. The molecule has 0 spiro atoms. The van der Waals surface area contributed by atoms with Crippen molar-refractivity contribution in [3.8, 4) is 0 Å². The van der Waals surface area contributed by atoms with Crippen LogP contribution >= 0.6 is 0 Å². The van der Waals surface area contributed by atoms with Crippen LogP contribution in [-0.4, -0.2) is 19.9 Å². The molecule has 0 saturated carbocycles. The van der Waals surface area contributed by atoms with Gasteiger partial charge in [-0.05, 0) is 18.1 Å². The molecule has 0 radical (unpaired) electrons. The standard InChI is InChI=1S/C30H36N2OSi/c1-29(2,3)34(4,5)33-22-21-28-23-32(24-31-28)30(25-15-9-6-10-16-25,26-17-11-7-12-18-26)27-19-13-8-14-20-27/h6-20,23-24H,21-22H2,1-5H3/p+1. The average molecular weight is 470 g/mol. The molecule has 0 aliphatic heterocycles. The van der Waals surface area contributed by atoms with Crippen molar-refractivity contribution in [2.75, 3.05) is 6.61 Å². The highest BCUT2D eigenvalue weighted by molar-refractivity contribution is 6.74. The Hall–Kier alpha value is -2.95. The molecule has 0 aliphatic rings. The Morgan fingerprint density at radius 2 is 1.18 bits per heavy atom. The minimum Gasteiger partial charge on any atom is -0.416 e. The van der Waals surface area contributed by atoms with Gasteiger partial charge in [0.2, 0.25) is 6.33 Å². The maximum Gasteiger partial charge on any atom is 0.243 e. The molecule has 0 saturated heterocycles. The minimum atomic E-state index is -1.77. The average Bonchev–Trinajstić information content (AvgIpc) is 3.30. The summed E-state index contributed by atoms with van der Waals surface area (Å²) in [6.07, 6.45) is 5.21. The fourth-order valence-corrected chi connectivity index (χ4v) is 5.39. The molecule has 0 bridgehead atoms. The van der Waals surface area contributed by atoms with E-state index in [1.165, 1.54) is 22.4 Å². The van der Waals surface area contributed by atoms with Gasteiger partial charge in [0.15, 0.2) is 13.9 Å². The molecular weight excluding hydrogens is 432 g/mol. The lowest BCUT2D eigenvalue weighted by Crippen LogP contribution is -2.57. The first-order chi connectivity index (χ1) is 16.2. The van der Waals surface area contributed by atoms with Crippen LogP contribution in [0.5, 0.6) is 0 Å². The molecule has 0 aliphatic carbocycles. The first kappa shape index (κ1) is 24.2. The van der Waals surface area contributed by atoms with E-state index < -0.39 is 13.9 Å². The minimum absolute atomic E-state index is 0.214. The van der Waals surface area contributed by atoms with Crippen LogP contribution in [0.25, 0.3) is 0 Å². The third-order valence-electron chi connectivity index (χ3n) is 7.29. The molecule has 3 aromatic carbocycles. The van der Waals surface area contributed by atoms with Crippen molar-refractivity contribution in [1.82, 2.24) is 4.98 Å². The summed E-state index contributed by atoms with van der Waals surface area (Å²) in [4.78, 5) is 3.54. The topological polar surface area (TPSA) is 28.9 Å². The SMILES string of the molecule is CC(C)(C)[Si](C)(C)OCCc1c[n+](C(c2ccccc2)(c2ccccc2)c2ccccc2)c[nH]1. The number of aromatic amines is 1. The van der Waals surface area contributed by atoms with E-state index in [1.54, 1.807) is 0 Å². The van der Waals surface area contributed by atoms with Gasteiger partial charge in [0.05, 0.1) is 0 Å². The van der Waals surface area contributed by atoms with Crippen LogP contribution < -0.4 is 4.57 Å². The lowest BCUT2D eigenvalue weighted by molar-refractivity contribution is -0.733. The van der Waals surface area contributed by atoms with E-state index in [2.05, 4.69) is 147 Å². The lowest BCUT2D eigenvalue weighted by Gasteiger charge is -2.36. The summed E-state index contributed by atoms with van der Waals surface area (Å²) >= 11 is 0. The normalized spacial score (nSPS) is 12.6. The van der Waals surface area contributed by atoms with Gasteiger partial charge in [0.25, 0.3) is 0 Å². The fraction of sp³-hybridized carbons (Fsp3) is 0.300. The molecule has 0 unspecified atom stereocenters. The number of rotatable bonds is 8. The molecule has 34 heavy (non-hydrogen) atoms. The Labute approximate surface area is 205 Å². The second kappa shape index (κ2) is 9.73. The third kappa shape index (κ3) is 4.66. The Morgan fingerprint density at radius 3 is 1.59 bits per heavy atom. The van der Waals surface area contributed by atoms with Crippen molar-refractivity contribution < 1.29 is 8.99 Å². The number of H-pyrrole nitrogens is 1. The van der Waals surface area contributed by atoms with Crippen LogP contribution in [0.4, 0.5) is 0 Å². The van der Waals surface area contributed by atoms with E-state index >= 15 is 0 Å². The van der Waals surface area contributed by atoms with Crippen molar-refractivity contribution in [2.45, 2.75) is 50.9 Å². The number of aromatic nitrogens is 2. The molecule has 1 aromatic heterocycles. The van der Waals surface area contributed by atoms with Gasteiger partial charge in [-0.15, -0.1) is 0 Å². The number of hydrogen-bond acceptors (Lipinski definition) is 1. The summed E-state index contributed by atoms with van der Waals surface area (Å²) < 4.78 is 8.78. The molecule has 0 atom stereocenters. The van der Waals surface area contributed by atoms with Crippen LogP contribution in [0.1, 0.15) is 43.2 Å². The van der Waals surface area contributed by atoms with Gasteiger partial charge < -0.3 is 4.43 Å². The molecule has 0 fully saturated rings. The second-order valence-corrected chi connectivity index (χ2v) is 15.3. The Kier molecular flexibility index (Phi) is 6.92. The predicted molar refractivity (Wildman–Crippen MR) is 142 cm³/mol. The van der Waals surface area contributed by atoms with Gasteiger partial charge in [-0.3, -0.25) is 0 Å². The van der Waals surface area contributed by atoms with Gasteiger partial charge in [-0.2, -0.15) is 0 Å². The quantitative estimate of drug-likeness (QED) is 0.173. The van der Waals surface area contributed by atoms with Gasteiger partial charge in [-0.25, -0.2) is 9.55 Å². The largest absolute Gasteiger partial charge is 0.416 e. The molecule has 0 amide bonds. The highest BCUT2D eigenvalue weighted by atomic mass is 28.4. The predicted octanol–water partition coefficient (Wildman–Crippen LogP) is 6.71. The zero-order chi connectivity index (χ0) is 24.2. The Morgan fingerprint density at radius 1 is 0.735 bits per heavy atom. The molecule has 4 aromatic rings. The van der Waals surface area contributed by atoms with Gasteiger partial charge in [0.1, 0.15) is 11.9 Å². The monoisotopic (exact) mass is 469 g/mol. The van der Waals surface area contributed by atoms with Gasteiger partial charge in [-0.1, -0.05) is 112 Å². The Bertz CT molecular complexity index is 1080. The summed E-state index contributed by atoms with van der Waals surface area (Å²) in [6, 6.07) is 32.3. The summed E-state index contributed by atoms with van der Waals surface area (Å²) in [5, 5.41) is 0.214. The molecule has 176 valence electrons. The van der Waals surface area contributed by atoms with Crippen molar-refractivity contribution in [3.63, 3.8) is 0 Å². The zero-order valence-corrected chi connectivity index (χ0v) is 22.1. The summed E-state index contributed by atoms with van der Waals surface area (Å²) in [7, 11) is -1.77. The molecule has 4 heteroatoms. The number of nitrogens with one attached hydrogen (secondary N) is 1. The van der Waals surface area contributed by atoms with Crippen molar-refractivity contribution in [3.05, 3.63) is 126 Å². The molecule has 4 rings (SSSR count). The van der Waals surface area contributed by atoms with Crippen LogP contribution in [0.3, 0.4) is 0 Å². The summed E-state index contributed by atoms with van der Waals surface area (Å²) in [5.74, 6) is 0. The van der Waals surface area contributed by atoms with Gasteiger partial charge >= 0.3 is 0 Å². The molecule has 1 heterocycles. The van der Waals surface area contributed by atoms with E-state index in [4.69, 9.17) is 4.43 Å². The zero-order valence-electron chi connectivity index (χ0n) is 21.1. The lowest BCUT2D eigenvalue weighted by atomic mass is 9.77. The van der Waals surface area contributed by atoms with Crippen molar-refractivity contribution in [2.24, 2.45) is 0 Å². The summed E-state index contributed by atoms with van der Waals surface area (Å²) in [5.41, 5.74) is 4.35. The smallest absolute Gasteiger partial charge is 0.243 e. The Balaban J connectivity index is 1.77. The van der Waals surface area contributed by atoms with E-state index in [0.29, 0.717) is 0 Å². The van der Waals surface area contributed by atoms with Crippen molar-refractivity contribution in [1.29, 1.82) is 0 Å².